The van der Waals surface area contributed by atoms with Gasteiger partial charge < -0.3 is 25.5 Å². The van der Waals surface area contributed by atoms with Crippen LogP contribution in [-0.2, 0) is 21.8 Å². The van der Waals surface area contributed by atoms with Crippen LogP contribution < -0.4 is 16.0 Å². The van der Waals surface area contributed by atoms with Gasteiger partial charge in [0.15, 0.2) is 8.32 Å². The van der Waals surface area contributed by atoms with E-state index in [0.29, 0.717) is 15.7 Å². The third-order valence-corrected chi connectivity index (χ3v) is 12.7. The molecule has 1 aliphatic rings. The summed E-state index contributed by atoms with van der Waals surface area (Å²) >= 11 is 1.25. The lowest BCUT2D eigenvalue weighted by atomic mass is 10.0. The van der Waals surface area contributed by atoms with Gasteiger partial charge in [-0.1, -0.05) is 44.2 Å². The van der Waals surface area contributed by atoms with Crippen molar-refractivity contribution in [3.63, 3.8) is 0 Å². The highest BCUT2D eigenvalue weighted by Crippen LogP contribution is 2.41. The lowest BCUT2D eigenvalue weighted by Gasteiger charge is -2.41. The van der Waals surface area contributed by atoms with Gasteiger partial charge in [-0.15, -0.1) is 10.2 Å². The summed E-state index contributed by atoms with van der Waals surface area (Å²) in [6, 6.07) is 9.24. The fraction of sp³-hybridized carbons (Fsp3) is 0.407. The number of carbonyl (C=O) groups is 2. The topological polar surface area (TPSA) is 125 Å². The molecule has 2 heterocycles. The second-order valence-corrected chi connectivity index (χ2v) is 17.1. The van der Waals surface area contributed by atoms with E-state index in [-0.39, 0.29) is 23.9 Å². The number of carbonyl (C=O) groups excluding carboxylic acids is 1. The highest BCUT2D eigenvalue weighted by atomic mass is 32.1. The Bertz CT molecular complexity index is 1420. The van der Waals surface area contributed by atoms with Crippen molar-refractivity contribution in [3.05, 3.63) is 59.2 Å². The van der Waals surface area contributed by atoms with Crippen LogP contribution in [0.25, 0.3) is 10.6 Å². The first kappa shape index (κ1) is 30.5. The summed E-state index contributed by atoms with van der Waals surface area (Å²) in [6.45, 7) is 10.1. The molecule has 4 N–H and O–H groups in total. The van der Waals surface area contributed by atoms with Gasteiger partial charge in [-0.25, -0.2) is 4.79 Å². The molecule has 0 fully saturated rings. The van der Waals surface area contributed by atoms with Crippen molar-refractivity contribution in [2.75, 3.05) is 17.2 Å². The Balaban J connectivity index is 1.59. The van der Waals surface area contributed by atoms with Gasteiger partial charge >= 0.3 is 12.3 Å². The lowest BCUT2D eigenvalue weighted by Crippen LogP contribution is -2.50. The first-order chi connectivity index (χ1) is 19.0. The van der Waals surface area contributed by atoms with Crippen LogP contribution in [0, 0.1) is 0 Å². The van der Waals surface area contributed by atoms with Crippen molar-refractivity contribution in [2.45, 2.75) is 63.6 Å². The molecule has 2 aromatic carbocycles. The minimum Gasteiger partial charge on any atom is -0.465 e. The number of aromatic nitrogens is 2. The van der Waals surface area contributed by atoms with Crippen molar-refractivity contribution in [2.24, 2.45) is 0 Å². The molecule has 0 unspecified atom stereocenters. The summed E-state index contributed by atoms with van der Waals surface area (Å²) in [7, 11) is -2.51. The second kappa shape index (κ2) is 11.4. The number of hydrogen-bond donors (Lipinski definition) is 4. The molecule has 3 aromatic rings. The van der Waals surface area contributed by atoms with E-state index in [2.05, 4.69) is 26.1 Å². The number of hydrogen-bond acceptors (Lipinski definition) is 7. The maximum absolute atomic E-state index is 13.2. The maximum Gasteiger partial charge on any atom is 0.416 e. The number of rotatable bonds is 9. The van der Waals surface area contributed by atoms with Crippen LogP contribution >= 0.6 is 11.3 Å². The normalized spacial score (nSPS) is 15.2. The van der Waals surface area contributed by atoms with Crippen molar-refractivity contribution in [1.82, 2.24) is 15.5 Å². The number of fused-ring (bicyclic) bond motifs is 1. The maximum atomic E-state index is 13.2. The Kier molecular flexibility index (Phi) is 8.48. The van der Waals surface area contributed by atoms with E-state index in [0.717, 1.165) is 28.9 Å². The largest absolute Gasteiger partial charge is 0.465 e. The Labute approximate surface area is 240 Å². The molecule has 9 nitrogen and oxygen atoms in total. The summed E-state index contributed by atoms with van der Waals surface area (Å²) < 4.78 is 46.3. The monoisotopic (exact) mass is 607 g/mol. The number of alkyl halides is 3. The Morgan fingerprint density at radius 3 is 2.44 bits per heavy atom. The number of amides is 2. The molecule has 2 atom stereocenters. The van der Waals surface area contributed by atoms with Crippen molar-refractivity contribution < 1.29 is 32.3 Å². The summed E-state index contributed by atoms with van der Waals surface area (Å²) in [5.41, 5.74) is 2.03. The predicted octanol–water partition coefficient (Wildman–Crippen LogP) is 6.53. The molecule has 1 aliphatic heterocycles. The average Bonchev–Trinajstić information content (AvgIpc) is 3.49. The van der Waals surface area contributed by atoms with Gasteiger partial charge in [-0.05, 0) is 59.6 Å². The molecular weight excluding hydrogens is 575 g/mol. The van der Waals surface area contributed by atoms with Crippen molar-refractivity contribution in [3.8, 4) is 10.6 Å². The summed E-state index contributed by atoms with van der Waals surface area (Å²) in [6.07, 6.45) is -6.40. The molecule has 14 heteroatoms. The molecule has 0 aliphatic carbocycles. The fourth-order valence-electron chi connectivity index (χ4n) is 4.10. The zero-order valence-corrected chi connectivity index (χ0v) is 25.0. The number of anilines is 2. The molecule has 0 bridgehead atoms. The Hall–Kier alpha value is -3.49. The molecular formula is C27H32F3N5O4SSi. The quantitative estimate of drug-likeness (QED) is 0.204. The van der Waals surface area contributed by atoms with Crippen LogP contribution in [0.3, 0.4) is 0 Å². The SMILES string of the molecule is CC(C)(C)[Si](C)(C)O[C@@H](c1ccc(C(F)(F)F)cc1)[C@@H](CNc1nnc(-c2ccc3c(c2)CC(=O)N3)s1)NC(=O)O. The minimum absolute atomic E-state index is 0.0316. The standard InChI is InChI=1S/C27H32F3N5O4SSi/c1-26(2,3)41(4,5)39-22(15-6-9-18(10-7-15)27(28,29)30)20(33-25(37)38)14-31-24-35-34-23(40-24)16-8-11-19-17(12-16)13-21(36)32-19/h6-12,20,22,33H,13-14H2,1-5H3,(H,31,35)(H,32,36)(H,37,38)/t20-,22+/m1/s1. The molecule has 0 spiro atoms. The van der Waals surface area contributed by atoms with E-state index in [1.807, 2.05) is 52.1 Å². The number of nitrogens with one attached hydrogen (secondary N) is 3. The van der Waals surface area contributed by atoms with E-state index in [1.165, 1.54) is 23.5 Å². The molecule has 41 heavy (non-hydrogen) atoms. The first-order valence-electron chi connectivity index (χ1n) is 12.9. The van der Waals surface area contributed by atoms with E-state index < -0.39 is 38.3 Å². The third kappa shape index (κ3) is 7.24. The first-order valence-corrected chi connectivity index (χ1v) is 16.6. The third-order valence-electron chi connectivity index (χ3n) is 7.34. The summed E-state index contributed by atoms with van der Waals surface area (Å²) in [5.74, 6) is -0.0729. The van der Waals surface area contributed by atoms with Crippen LogP contribution in [0.5, 0.6) is 0 Å². The van der Waals surface area contributed by atoms with E-state index >= 15 is 0 Å². The minimum atomic E-state index is -4.50. The second-order valence-electron chi connectivity index (χ2n) is 11.4. The van der Waals surface area contributed by atoms with Crippen LogP contribution in [0.15, 0.2) is 42.5 Å². The van der Waals surface area contributed by atoms with Gasteiger partial charge in [-0.2, -0.15) is 13.2 Å². The van der Waals surface area contributed by atoms with Crippen molar-refractivity contribution in [1.29, 1.82) is 0 Å². The van der Waals surface area contributed by atoms with Gasteiger partial charge in [0.05, 0.1) is 24.1 Å². The number of halogens is 3. The van der Waals surface area contributed by atoms with Gasteiger partial charge in [0, 0.05) is 17.8 Å². The van der Waals surface area contributed by atoms with Crippen molar-refractivity contribution >= 4 is 42.5 Å². The lowest BCUT2D eigenvalue weighted by molar-refractivity contribution is -0.137. The van der Waals surface area contributed by atoms with Crippen LogP contribution in [0.1, 0.15) is 43.6 Å². The number of nitrogens with zero attached hydrogens (tertiary/aromatic N) is 2. The van der Waals surface area contributed by atoms with Gasteiger partial charge in [0.25, 0.3) is 0 Å². The van der Waals surface area contributed by atoms with Gasteiger partial charge in [0.2, 0.25) is 11.0 Å². The molecule has 220 valence electrons. The van der Waals surface area contributed by atoms with Gasteiger partial charge in [0.1, 0.15) is 5.01 Å². The summed E-state index contributed by atoms with van der Waals surface area (Å²) in [4.78, 5) is 23.5. The molecule has 1 aromatic heterocycles. The zero-order chi connectivity index (χ0) is 30.2. The highest BCUT2D eigenvalue weighted by molar-refractivity contribution is 7.18. The van der Waals surface area contributed by atoms with Gasteiger partial charge in [-0.3, -0.25) is 4.79 Å². The number of benzene rings is 2. The fourth-order valence-corrected chi connectivity index (χ4v) is 6.14. The highest BCUT2D eigenvalue weighted by Gasteiger charge is 2.42. The number of carboxylic acid groups (broad SMARTS) is 1. The molecule has 2 amide bonds. The molecule has 4 rings (SSSR count). The average molecular weight is 608 g/mol. The van der Waals surface area contributed by atoms with Crippen LogP contribution in [0.2, 0.25) is 18.1 Å². The Morgan fingerprint density at radius 2 is 1.83 bits per heavy atom. The van der Waals surface area contributed by atoms with E-state index in [1.54, 1.807) is 0 Å². The predicted molar refractivity (Wildman–Crippen MR) is 154 cm³/mol. The smallest absolute Gasteiger partial charge is 0.416 e. The molecule has 0 radical (unpaired) electrons. The zero-order valence-electron chi connectivity index (χ0n) is 23.2. The summed E-state index contributed by atoms with van der Waals surface area (Å²) in [5, 5.41) is 27.2. The van der Waals surface area contributed by atoms with Crippen LogP contribution in [-0.4, -0.2) is 48.2 Å². The Morgan fingerprint density at radius 1 is 1.15 bits per heavy atom. The molecule has 0 saturated heterocycles. The van der Waals surface area contributed by atoms with E-state index in [9.17, 15) is 27.9 Å². The molecule has 0 saturated carbocycles. The van der Waals surface area contributed by atoms with Crippen LogP contribution in [0.4, 0.5) is 28.8 Å². The van der Waals surface area contributed by atoms with E-state index in [4.69, 9.17) is 4.43 Å².